The summed E-state index contributed by atoms with van der Waals surface area (Å²) < 4.78 is 1.52. The molecule has 0 spiro atoms. The second kappa shape index (κ2) is 5.51. The van der Waals surface area contributed by atoms with Gasteiger partial charge in [0.15, 0.2) is 0 Å². The van der Waals surface area contributed by atoms with Crippen molar-refractivity contribution in [2.45, 2.75) is 6.42 Å². The first-order valence-corrected chi connectivity index (χ1v) is 6.97. The van der Waals surface area contributed by atoms with Gasteiger partial charge in [-0.25, -0.2) is 4.68 Å². The van der Waals surface area contributed by atoms with Gasteiger partial charge in [0.2, 0.25) is 5.91 Å². The van der Waals surface area contributed by atoms with E-state index >= 15 is 0 Å². The number of aromatic nitrogens is 2. The van der Waals surface area contributed by atoms with Gasteiger partial charge in [-0.3, -0.25) is 9.59 Å². The van der Waals surface area contributed by atoms with Gasteiger partial charge in [-0.2, -0.15) is 5.10 Å². The number of aromatic hydroxyl groups is 1. The highest BCUT2D eigenvalue weighted by Gasteiger charge is 2.30. The Morgan fingerprint density at radius 1 is 1.36 bits per heavy atom. The Morgan fingerprint density at radius 3 is 2.86 bits per heavy atom. The summed E-state index contributed by atoms with van der Waals surface area (Å²) in [5, 5.41) is 13.6. The van der Waals surface area contributed by atoms with E-state index in [9.17, 15) is 14.7 Å². The van der Waals surface area contributed by atoms with Crippen molar-refractivity contribution in [2.75, 3.05) is 13.1 Å². The van der Waals surface area contributed by atoms with E-state index in [0.717, 1.165) is 0 Å². The smallest absolute Gasteiger partial charge is 0.257 e. The van der Waals surface area contributed by atoms with E-state index < -0.39 is 0 Å². The number of primary amides is 1. The fourth-order valence-corrected chi connectivity index (χ4v) is 2.57. The molecule has 1 aromatic heterocycles. The molecule has 1 aliphatic heterocycles. The average molecular weight is 300 g/mol. The molecular formula is C15H16N4O3. The third-order valence-electron chi connectivity index (χ3n) is 3.80. The molecule has 1 aliphatic rings. The number of amides is 2. The van der Waals surface area contributed by atoms with E-state index in [1.165, 1.54) is 10.9 Å². The predicted molar refractivity (Wildman–Crippen MR) is 78.4 cm³/mol. The molecule has 1 atom stereocenters. The van der Waals surface area contributed by atoms with E-state index in [1.807, 2.05) is 0 Å². The lowest BCUT2D eigenvalue weighted by molar-refractivity contribution is -0.121. The summed E-state index contributed by atoms with van der Waals surface area (Å²) in [4.78, 5) is 25.2. The quantitative estimate of drug-likeness (QED) is 0.863. The molecule has 7 heteroatoms. The predicted octanol–water partition coefficient (Wildman–Crippen LogP) is 0.525. The molecule has 0 bridgehead atoms. The lowest BCUT2D eigenvalue weighted by Crippen LogP contribution is -2.31. The van der Waals surface area contributed by atoms with Crippen LogP contribution in [0.15, 0.2) is 36.7 Å². The van der Waals surface area contributed by atoms with Crippen LogP contribution in [0.4, 0.5) is 0 Å². The van der Waals surface area contributed by atoms with Gasteiger partial charge in [0.1, 0.15) is 5.75 Å². The zero-order valence-electron chi connectivity index (χ0n) is 11.8. The third kappa shape index (κ3) is 2.65. The van der Waals surface area contributed by atoms with Crippen LogP contribution >= 0.6 is 0 Å². The Balaban J connectivity index is 1.77. The van der Waals surface area contributed by atoms with Crippen molar-refractivity contribution in [3.8, 4) is 11.4 Å². The maximum Gasteiger partial charge on any atom is 0.257 e. The molecule has 0 radical (unpaired) electrons. The van der Waals surface area contributed by atoms with Crippen LogP contribution in [0.1, 0.15) is 16.8 Å². The van der Waals surface area contributed by atoms with Crippen molar-refractivity contribution in [3.63, 3.8) is 0 Å². The van der Waals surface area contributed by atoms with Gasteiger partial charge in [0.25, 0.3) is 5.91 Å². The maximum atomic E-state index is 12.4. The fourth-order valence-electron chi connectivity index (χ4n) is 2.57. The van der Waals surface area contributed by atoms with Crippen molar-refractivity contribution in [3.05, 3.63) is 42.2 Å². The number of benzene rings is 1. The van der Waals surface area contributed by atoms with Crippen molar-refractivity contribution in [2.24, 2.45) is 11.7 Å². The SMILES string of the molecule is NC(=O)C1CCN(C(=O)c2cnn(-c3cccc(O)c3)c2)C1. The van der Waals surface area contributed by atoms with Gasteiger partial charge >= 0.3 is 0 Å². The maximum absolute atomic E-state index is 12.4. The largest absolute Gasteiger partial charge is 0.508 e. The number of hydrogen-bond donors (Lipinski definition) is 2. The normalized spacial score (nSPS) is 17.6. The number of phenols is 1. The van der Waals surface area contributed by atoms with Gasteiger partial charge < -0.3 is 15.7 Å². The highest BCUT2D eigenvalue weighted by Crippen LogP contribution is 2.19. The van der Waals surface area contributed by atoms with E-state index in [4.69, 9.17) is 5.73 Å². The summed E-state index contributed by atoms with van der Waals surface area (Å²) in [7, 11) is 0. The number of rotatable bonds is 3. The highest BCUT2D eigenvalue weighted by atomic mass is 16.3. The van der Waals surface area contributed by atoms with Crippen LogP contribution in [-0.2, 0) is 4.79 Å². The van der Waals surface area contributed by atoms with Crippen LogP contribution in [0.5, 0.6) is 5.75 Å². The molecule has 1 unspecified atom stereocenters. The minimum atomic E-state index is -0.370. The number of carbonyl (C=O) groups excluding carboxylic acids is 2. The van der Waals surface area contributed by atoms with Gasteiger partial charge in [-0.1, -0.05) is 6.07 Å². The molecule has 1 fully saturated rings. The first-order valence-electron chi connectivity index (χ1n) is 6.97. The average Bonchev–Trinajstić information content (AvgIpc) is 3.16. The lowest BCUT2D eigenvalue weighted by atomic mass is 10.1. The van der Waals surface area contributed by atoms with E-state index in [1.54, 1.807) is 35.4 Å². The summed E-state index contributed by atoms with van der Waals surface area (Å²) in [6.45, 7) is 0.870. The van der Waals surface area contributed by atoms with E-state index in [-0.39, 0.29) is 23.5 Å². The Bertz CT molecular complexity index is 725. The summed E-state index contributed by atoms with van der Waals surface area (Å²) in [6, 6.07) is 6.60. The summed E-state index contributed by atoms with van der Waals surface area (Å²) in [6.07, 6.45) is 3.68. The molecule has 114 valence electrons. The zero-order valence-corrected chi connectivity index (χ0v) is 11.8. The van der Waals surface area contributed by atoms with Crippen molar-refractivity contribution < 1.29 is 14.7 Å². The van der Waals surface area contributed by atoms with Crippen molar-refractivity contribution in [1.29, 1.82) is 0 Å². The molecule has 2 aromatic rings. The monoisotopic (exact) mass is 300 g/mol. The molecule has 1 saturated heterocycles. The third-order valence-corrected chi connectivity index (χ3v) is 3.80. The van der Waals surface area contributed by atoms with Crippen LogP contribution in [0.25, 0.3) is 5.69 Å². The molecule has 2 amide bonds. The molecule has 0 aliphatic carbocycles. The summed E-state index contributed by atoms with van der Waals surface area (Å²) in [5.74, 6) is -0.685. The van der Waals surface area contributed by atoms with Gasteiger partial charge in [-0.05, 0) is 18.6 Å². The minimum Gasteiger partial charge on any atom is -0.508 e. The Kier molecular flexibility index (Phi) is 3.54. The second-order valence-corrected chi connectivity index (χ2v) is 5.33. The van der Waals surface area contributed by atoms with Gasteiger partial charge in [-0.15, -0.1) is 0 Å². The van der Waals surface area contributed by atoms with E-state index in [2.05, 4.69) is 5.10 Å². The summed E-state index contributed by atoms with van der Waals surface area (Å²) >= 11 is 0. The van der Waals surface area contributed by atoms with E-state index in [0.29, 0.717) is 30.8 Å². The molecule has 7 nitrogen and oxygen atoms in total. The molecule has 22 heavy (non-hydrogen) atoms. The van der Waals surface area contributed by atoms with Crippen LogP contribution in [0.2, 0.25) is 0 Å². The Hall–Kier alpha value is -2.83. The highest BCUT2D eigenvalue weighted by molar-refractivity contribution is 5.94. The molecular weight excluding hydrogens is 284 g/mol. The molecule has 0 saturated carbocycles. The number of nitrogens with two attached hydrogens (primary N) is 1. The van der Waals surface area contributed by atoms with Gasteiger partial charge in [0.05, 0.1) is 23.4 Å². The zero-order chi connectivity index (χ0) is 15.7. The first kappa shape index (κ1) is 14.1. The minimum absolute atomic E-state index is 0.129. The summed E-state index contributed by atoms with van der Waals surface area (Å²) in [5.41, 5.74) is 6.38. The van der Waals surface area contributed by atoms with Crippen molar-refractivity contribution >= 4 is 11.8 Å². The first-order chi connectivity index (χ1) is 10.5. The molecule has 3 rings (SSSR count). The Morgan fingerprint density at radius 2 is 2.18 bits per heavy atom. The number of carbonyl (C=O) groups is 2. The number of likely N-dealkylation sites (tertiary alicyclic amines) is 1. The van der Waals surface area contributed by atoms with Crippen LogP contribution < -0.4 is 5.73 Å². The molecule has 3 N–H and O–H groups in total. The lowest BCUT2D eigenvalue weighted by Gasteiger charge is -2.14. The molecule has 2 heterocycles. The van der Waals surface area contributed by atoms with Crippen LogP contribution in [0.3, 0.4) is 0 Å². The number of hydrogen-bond acceptors (Lipinski definition) is 4. The molecule has 1 aromatic carbocycles. The van der Waals surface area contributed by atoms with Gasteiger partial charge in [0, 0.05) is 25.4 Å². The Labute approximate surface area is 126 Å². The standard InChI is InChI=1S/C15H16N4O3/c16-14(21)10-4-5-18(8-10)15(22)11-7-17-19(9-11)12-2-1-3-13(20)6-12/h1-3,6-7,9-10,20H,4-5,8H2,(H2,16,21). The second-order valence-electron chi connectivity index (χ2n) is 5.33. The van der Waals surface area contributed by atoms with Crippen LogP contribution in [0, 0.1) is 5.92 Å². The van der Waals surface area contributed by atoms with Crippen molar-refractivity contribution in [1.82, 2.24) is 14.7 Å². The fraction of sp³-hybridized carbons (Fsp3) is 0.267. The topological polar surface area (TPSA) is 101 Å². The number of nitrogens with zero attached hydrogens (tertiary/aromatic N) is 3. The number of phenolic OH excluding ortho intramolecular Hbond substituents is 1. The van der Waals surface area contributed by atoms with Crippen LogP contribution in [-0.4, -0.2) is 44.7 Å².